The summed E-state index contributed by atoms with van der Waals surface area (Å²) in [5, 5.41) is 20.1. The molecule has 0 aliphatic carbocycles. The van der Waals surface area contributed by atoms with Crippen molar-refractivity contribution in [3.05, 3.63) is 76.6 Å². The molecule has 0 bridgehead atoms. The van der Waals surface area contributed by atoms with Gasteiger partial charge in [0.05, 0.1) is 31.7 Å². The highest BCUT2D eigenvalue weighted by atomic mass is 35.5. The molecule has 2 aromatic carbocycles. The van der Waals surface area contributed by atoms with E-state index in [0.717, 1.165) is 22.5 Å². The van der Waals surface area contributed by atoms with E-state index in [2.05, 4.69) is 4.57 Å². The first-order valence-electron chi connectivity index (χ1n) is 12.8. The van der Waals surface area contributed by atoms with Crippen LogP contribution in [0.4, 0.5) is 0 Å². The number of rotatable bonds is 7. The number of halogens is 1. The van der Waals surface area contributed by atoms with Crippen LogP contribution < -0.4 is 9.47 Å². The Balaban J connectivity index is 1.45. The molecule has 1 fully saturated rings. The highest BCUT2D eigenvalue weighted by molar-refractivity contribution is 6.30. The molecule has 2 N–H and O–H groups in total. The van der Waals surface area contributed by atoms with Gasteiger partial charge in [-0.05, 0) is 42.8 Å². The van der Waals surface area contributed by atoms with E-state index in [4.69, 9.17) is 25.8 Å². The van der Waals surface area contributed by atoms with E-state index < -0.39 is 23.8 Å². The zero-order valence-corrected chi connectivity index (χ0v) is 22.6. The Bertz CT molecular complexity index is 1380. The molecule has 0 radical (unpaired) electrons. The van der Waals surface area contributed by atoms with Gasteiger partial charge < -0.3 is 33.9 Å². The van der Waals surface area contributed by atoms with Crippen LogP contribution >= 0.6 is 11.6 Å². The van der Waals surface area contributed by atoms with Crippen LogP contribution in [-0.2, 0) is 14.3 Å². The van der Waals surface area contributed by atoms with E-state index in [1.165, 1.54) is 0 Å². The minimum Gasteiger partial charge on any atom is -0.493 e. The van der Waals surface area contributed by atoms with Crippen molar-refractivity contribution in [2.24, 2.45) is 0 Å². The minimum atomic E-state index is -1.78. The Morgan fingerprint density at radius 3 is 2.54 bits per heavy atom. The smallest absolute Gasteiger partial charge is 0.335 e. The number of piperidine rings is 1. The van der Waals surface area contributed by atoms with Crippen LogP contribution in [0.15, 0.2) is 54.7 Å². The molecule has 0 spiro atoms. The molecule has 1 aromatic heterocycles. The number of hydrogen-bond donors (Lipinski definition) is 2. The van der Waals surface area contributed by atoms with E-state index in [-0.39, 0.29) is 38.3 Å². The molecule has 10 heteroatoms. The lowest BCUT2D eigenvalue weighted by molar-refractivity contribution is -0.165. The van der Waals surface area contributed by atoms with Crippen molar-refractivity contribution < 1.29 is 34.0 Å². The van der Waals surface area contributed by atoms with Gasteiger partial charge in [0, 0.05) is 54.7 Å². The minimum absolute atomic E-state index is 0.00459. The second-order valence-corrected chi connectivity index (χ2v) is 10.3. The van der Waals surface area contributed by atoms with Crippen molar-refractivity contribution in [3.8, 4) is 17.2 Å². The van der Waals surface area contributed by atoms with Crippen molar-refractivity contribution >= 4 is 23.5 Å². The van der Waals surface area contributed by atoms with E-state index in [0.29, 0.717) is 22.9 Å². The van der Waals surface area contributed by atoms with Gasteiger partial charge in [0.2, 0.25) is 5.91 Å². The number of likely N-dealkylation sites (tertiary alicyclic amines) is 1. The highest BCUT2D eigenvalue weighted by Crippen LogP contribution is 2.46. The lowest BCUT2D eigenvalue weighted by Gasteiger charge is -2.35. The fourth-order valence-electron chi connectivity index (χ4n) is 5.47. The van der Waals surface area contributed by atoms with Crippen molar-refractivity contribution in [1.82, 2.24) is 9.47 Å². The van der Waals surface area contributed by atoms with Gasteiger partial charge in [0.25, 0.3) is 0 Å². The van der Waals surface area contributed by atoms with Crippen molar-refractivity contribution in [2.75, 3.05) is 27.3 Å². The maximum Gasteiger partial charge on any atom is 0.335 e. The molecule has 3 heterocycles. The van der Waals surface area contributed by atoms with E-state index in [1.54, 1.807) is 19.1 Å². The molecule has 206 valence electrons. The number of aliphatic hydroxyl groups is 1. The third kappa shape index (κ3) is 5.09. The number of nitrogens with zero attached hydrogens (tertiary/aromatic N) is 2. The number of amides is 1. The van der Waals surface area contributed by atoms with Gasteiger partial charge in [-0.15, -0.1) is 0 Å². The zero-order chi connectivity index (χ0) is 27.7. The Hall–Kier alpha value is -3.53. The molecular formula is C29H31ClN2O7. The number of benzene rings is 2. The van der Waals surface area contributed by atoms with E-state index >= 15 is 0 Å². The quantitative estimate of drug-likeness (QED) is 0.441. The SMILES string of the molecule is COc1cccc([C@H]2O[C@H](CCC(=O)N3CCC(O)(C(=O)O)CC3)c3cccn3-c3ccc(Cl)cc32)c1OC. The molecule has 0 saturated carbocycles. The largest absolute Gasteiger partial charge is 0.493 e. The number of hydrogen-bond acceptors (Lipinski definition) is 6. The first kappa shape index (κ1) is 27.1. The van der Waals surface area contributed by atoms with Gasteiger partial charge in [0.1, 0.15) is 6.10 Å². The molecular weight excluding hydrogens is 524 g/mol. The number of aromatic nitrogens is 1. The standard InChI is InChI=1S/C29H31ClN2O7/c1-37-24-7-3-5-19(27(24)38-2)26-20-17-18(30)8-9-21(20)32-14-4-6-22(32)23(39-26)10-11-25(33)31-15-12-29(36,13-16-31)28(34)35/h3-9,14,17,23,26,36H,10-13,15-16H2,1-2H3,(H,34,35)/t23-,26-/m1/s1. The fourth-order valence-corrected chi connectivity index (χ4v) is 5.65. The monoisotopic (exact) mass is 554 g/mol. The predicted molar refractivity (Wildman–Crippen MR) is 144 cm³/mol. The van der Waals surface area contributed by atoms with Crippen LogP contribution in [0.5, 0.6) is 11.5 Å². The molecule has 2 aliphatic heterocycles. The summed E-state index contributed by atoms with van der Waals surface area (Å²) in [5.41, 5.74) is 1.65. The summed E-state index contributed by atoms with van der Waals surface area (Å²) in [6.45, 7) is 0.383. The summed E-state index contributed by atoms with van der Waals surface area (Å²) in [6, 6.07) is 15.2. The molecule has 1 amide bonds. The molecule has 39 heavy (non-hydrogen) atoms. The predicted octanol–water partition coefficient (Wildman–Crippen LogP) is 4.53. The van der Waals surface area contributed by atoms with Crippen molar-refractivity contribution in [1.29, 1.82) is 0 Å². The lowest BCUT2D eigenvalue weighted by Crippen LogP contribution is -2.50. The zero-order valence-electron chi connectivity index (χ0n) is 21.8. The summed E-state index contributed by atoms with van der Waals surface area (Å²) < 4.78 is 20.1. The van der Waals surface area contributed by atoms with Crippen LogP contribution in [-0.4, -0.2) is 64.5 Å². The second-order valence-electron chi connectivity index (χ2n) is 9.85. The van der Waals surface area contributed by atoms with E-state index in [9.17, 15) is 19.8 Å². The highest BCUT2D eigenvalue weighted by Gasteiger charge is 2.40. The third-order valence-corrected chi connectivity index (χ3v) is 7.85. The Labute approximate surface area is 231 Å². The molecule has 9 nitrogen and oxygen atoms in total. The number of para-hydroxylation sites is 1. The Morgan fingerprint density at radius 1 is 1.08 bits per heavy atom. The van der Waals surface area contributed by atoms with Crippen LogP contribution in [0.2, 0.25) is 5.02 Å². The van der Waals surface area contributed by atoms with Gasteiger partial charge in [0.15, 0.2) is 17.1 Å². The number of fused-ring (bicyclic) bond motifs is 3. The number of methoxy groups -OCH3 is 2. The van der Waals surface area contributed by atoms with Crippen molar-refractivity contribution in [3.63, 3.8) is 0 Å². The van der Waals surface area contributed by atoms with Crippen LogP contribution in [0.1, 0.15) is 54.7 Å². The van der Waals surface area contributed by atoms with E-state index in [1.807, 2.05) is 54.7 Å². The number of ether oxygens (including phenoxy) is 3. The van der Waals surface area contributed by atoms with Gasteiger partial charge in [-0.3, -0.25) is 4.79 Å². The molecule has 2 atom stereocenters. The molecule has 5 rings (SSSR count). The summed E-state index contributed by atoms with van der Waals surface area (Å²) in [6.07, 6.45) is 1.55. The lowest BCUT2D eigenvalue weighted by atomic mass is 9.91. The summed E-state index contributed by atoms with van der Waals surface area (Å²) in [5.74, 6) is -0.230. The maximum absolute atomic E-state index is 13.1. The number of carboxylic acid groups (broad SMARTS) is 1. The number of carbonyl (C=O) groups excluding carboxylic acids is 1. The van der Waals surface area contributed by atoms with Crippen LogP contribution in [0.3, 0.4) is 0 Å². The molecule has 3 aromatic rings. The Morgan fingerprint density at radius 2 is 1.85 bits per heavy atom. The fraction of sp³-hybridized carbons (Fsp3) is 0.379. The second kappa shape index (κ2) is 10.9. The summed E-state index contributed by atoms with van der Waals surface area (Å²) in [7, 11) is 3.17. The number of carbonyl (C=O) groups is 2. The van der Waals surface area contributed by atoms with Gasteiger partial charge >= 0.3 is 5.97 Å². The first-order valence-corrected chi connectivity index (χ1v) is 13.2. The van der Waals surface area contributed by atoms with Gasteiger partial charge in [-0.25, -0.2) is 4.79 Å². The summed E-state index contributed by atoms with van der Waals surface area (Å²) in [4.78, 5) is 26.1. The molecule has 2 aliphatic rings. The average Bonchev–Trinajstić information content (AvgIpc) is 3.38. The Kier molecular flexibility index (Phi) is 7.57. The van der Waals surface area contributed by atoms with Crippen molar-refractivity contribution in [2.45, 2.75) is 43.5 Å². The van der Waals surface area contributed by atoms with Gasteiger partial charge in [-0.1, -0.05) is 23.7 Å². The number of carboxylic acids is 1. The first-order chi connectivity index (χ1) is 18.8. The topological polar surface area (TPSA) is 110 Å². The normalized spacial score (nSPS) is 19.9. The van der Waals surface area contributed by atoms with Crippen LogP contribution in [0, 0.1) is 0 Å². The average molecular weight is 555 g/mol. The molecule has 1 saturated heterocycles. The third-order valence-electron chi connectivity index (χ3n) is 7.62. The molecule has 0 unspecified atom stereocenters. The maximum atomic E-state index is 13.1. The summed E-state index contributed by atoms with van der Waals surface area (Å²) >= 11 is 6.46. The number of aliphatic carboxylic acids is 1. The van der Waals surface area contributed by atoms with Gasteiger partial charge in [-0.2, -0.15) is 0 Å². The van der Waals surface area contributed by atoms with Crippen LogP contribution in [0.25, 0.3) is 5.69 Å².